The average molecular weight is 355 g/mol. The number of nitrogens with two attached hydrogens (primary N) is 1. The zero-order valence-electron chi connectivity index (χ0n) is 10.7. The van der Waals surface area contributed by atoms with Gasteiger partial charge in [-0.15, -0.1) is 0 Å². The van der Waals surface area contributed by atoms with Gasteiger partial charge < -0.3 is 5.73 Å². The first-order valence-electron chi connectivity index (χ1n) is 6.04. The van der Waals surface area contributed by atoms with E-state index in [1.165, 1.54) is 0 Å². The van der Waals surface area contributed by atoms with Crippen molar-refractivity contribution >= 4 is 26.0 Å². The van der Waals surface area contributed by atoms with E-state index in [0.29, 0.717) is 6.54 Å². The molecule has 0 saturated carbocycles. The van der Waals surface area contributed by atoms with Crippen molar-refractivity contribution in [3.8, 4) is 0 Å². The SMILES string of the molecule is NCc1ccc(CNS(=O)(=O)c2ccc(Br)cc2)cc1. The Bertz CT molecular complexity index is 667. The van der Waals surface area contributed by atoms with Crippen molar-refractivity contribution in [3.05, 3.63) is 64.1 Å². The molecule has 0 amide bonds. The molecule has 0 aliphatic carbocycles. The van der Waals surface area contributed by atoms with Crippen LogP contribution in [0.2, 0.25) is 0 Å². The highest BCUT2D eigenvalue weighted by molar-refractivity contribution is 9.10. The Morgan fingerprint density at radius 2 is 1.50 bits per heavy atom. The number of rotatable bonds is 5. The lowest BCUT2D eigenvalue weighted by Gasteiger charge is -2.07. The third-order valence-electron chi connectivity index (χ3n) is 2.85. The maximum atomic E-state index is 12.1. The largest absolute Gasteiger partial charge is 0.326 e. The van der Waals surface area contributed by atoms with Crippen molar-refractivity contribution in [3.63, 3.8) is 0 Å². The molecule has 3 N–H and O–H groups in total. The molecule has 0 radical (unpaired) electrons. The Labute approximate surface area is 127 Å². The van der Waals surface area contributed by atoms with Crippen LogP contribution in [0.5, 0.6) is 0 Å². The minimum Gasteiger partial charge on any atom is -0.326 e. The van der Waals surface area contributed by atoms with Crippen LogP contribution in [0.3, 0.4) is 0 Å². The van der Waals surface area contributed by atoms with E-state index < -0.39 is 10.0 Å². The van der Waals surface area contributed by atoms with Gasteiger partial charge in [-0.2, -0.15) is 0 Å². The minimum atomic E-state index is -3.49. The smallest absolute Gasteiger partial charge is 0.240 e. The summed E-state index contributed by atoms with van der Waals surface area (Å²) in [6.07, 6.45) is 0. The minimum absolute atomic E-state index is 0.249. The van der Waals surface area contributed by atoms with E-state index in [9.17, 15) is 8.42 Å². The van der Waals surface area contributed by atoms with Crippen molar-refractivity contribution in [1.82, 2.24) is 4.72 Å². The van der Waals surface area contributed by atoms with E-state index in [0.717, 1.165) is 15.6 Å². The fourth-order valence-electron chi connectivity index (χ4n) is 1.67. The van der Waals surface area contributed by atoms with Gasteiger partial charge in [0.2, 0.25) is 10.0 Å². The molecule has 0 heterocycles. The molecule has 2 aromatic rings. The Hall–Kier alpha value is -1.21. The van der Waals surface area contributed by atoms with E-state index in [4.69, 9.17) is 5.73 Å². The van der Waals surface area contributed by atoms with Gasteiger partial charge in [0.1, 0.15) is 0 Å². The number of sulfonamides is 1. The van der Waals surface area contributed by atoms with Gasteiger partial charge in [-0.1, -0.05) is 40.2 Å². The fraction of sp³-hybridized carbons (Fsp3) is 0.143. The van der Waals surface area contributed by atoms with Crippen LogP contribution in [0.15, 0.2) is 57.9 Å². The van der Waals surface area contributed by atoms with Crippen molar-refractivity contribution in [1.29, 1.82) is 0 Å². The first-order chi connectivity index (χ1) is 9.51. The van der Waals surface area contributed by atoms with Gasteiger partial charge >= 0.3 is 0 Å². The highest BCUT2D eigenvalue weighted by atomic mass is 79.9. The summed E-state index contributed by atoms with van der Waals surface area (Å²) in [4.78, 5) is 0.249. The van der Waals surface area contributed by atoms with Crippen LogP contribution in [0.4, 0.5) is 0 Å². The first kappa shape index (κ1) is 15.2. The molecule has 0 atom stereocenters. The van der Waals surface area contributed by atoms with E-state index in [-0.39, 0.29) is 11.4 Å². The van der Waals surface area contributed by atoms with Crippen LogP contribution in [-0.4, -0.2) is 8.42 Å². The maximum absolute atomic E-state index is 12.1. The molecule has 0 bridgehead atoms. The Kier molecular flexibility index (Phi) is 4.93. The van der Waals surface area contributed by atoms with Crippen LogP contribution in [0, 0.1) is 0 Å². The molecule has 0 saturated heterocycles. The Morgan fingerprint density at radius 3 is 2.05 bits per heavy atom. The lowest BCUT2D eigenvalue weighted by atomic mass is 10.1. The number of halogens is 1. The summed E-state index contributed by atoms with van der Waals surface area (Å²) < 4.78 is 27.6. The molecular formula is C14H15BrN2O2S. The standard InChI is InChI=1S/C14H15BrN2O2S/c15-13-5-7-14(8-6-13)20(18,19)17-10-12-3-1-11(9-16)2-4-12/h1-8,17H,9-10,16H2. The molecular weight excluding hydrogens is 340 g/mol. The summed E-state index contributed by atoms with van der Waals surface area (Å²) >= 11 is 3.28. The van der Waals surface area contributed by atoms with Crippen LogP contribution in [0.25, 0.3) is 0 Å². The molecule has 0 aromatic heterocycles. The van der Waals surface area contributed by atoms with E-state index >= 15 is 0 Å². The fourth-order valence-corrected chi connectivity index (χ4v) is 2.95. The van der Waals surface area contributed by atoms with Gasteiger partial charge in [0.05, 0.1) is 4.90 Å². The van der Waals surface area contributed by atoms with Gasteiger partial charge in [-0.3, -0.25) is 0 Å². The van der Waals surface area contributed by atoms with Crippen molar-refractivity contribution < 1.29 is 8.42 Å². The monoisotopic (exact) mass is 354 g/mol. The summed E-state index contributed by atoms with van der Waals surface area (Å²) in [5.41, 5.74) is 7.43. The van der Waals surface area contributed by atoms with Crippen LogP contribution in [0.1, 0.15) is 11.1 Å². The van der Waals surface area contributed by atoms with E-state index in [1.54, 1.807) is 24.3 Å². The molecule has 0 unspecified atom stereocenters. The highest BCUT2D eigenvalue weighted by Crippen LogP contribution is 2.15. The molecule has 106 valence electrons. The molecule has 6 heteroatoms. The maximum Gasteiger partial charge on any atom is 0.240 e. The topological polar surface area (TPSA) is 72.2 Å². The van der Waals surface area contributed by atoms with Gasteiger partial charge in [0, 0.05) is 17.6 Å². The van der Waals surface area contributed by atoms with Crippen LogP contribution in [-0.2, 0) is 23.1 Å². The second kappa shape index (κ2) is 6.49. The molecule has 0 aliphatic heterocycles. The van der Waals surface area contributed by atoms with E-state index in [2.05, 4.69) is 20.7 Å². The third kappa shape index (κ3) is 3.89. The van der Waals surface area contributed by atoms with Crippen molar-refractivity contribution in [2.24, 2.45) is 5.73 Å². The average Bonchev–Trinajstić information content (AvgIpc) is 2.46. The first-order valence-corrected chi connectivity index (χ1v) is 8.32. The van der Waals surface area contributed by atoms with Crippen molar-refractivity contribution in [2.45, 2.75) is 18.0 Å². The molecule has 0 spiro atoms. The predicted octanol–water partition coefficient (Wildman–Crippen LogP) is 2.39. The molecule has 2 aromatic carbocycles. The van der Waals surface area contributed by atoms with Gasteiger partial charge in [0.25, 0.3) is 0 Å². The highest BCUT2D eigenvalue weighted by Gasteiger charge is 2.13. The molecule has 20 heavy (non-hydrogen) atoms. The van der Waals surface area contributed by atoms with E-state index in [1.807, 2.05) is 24.3 Å². The second-order valence-corrected chi connectivity index (χ2v) is 6.98. The van der Waals surface area contributed by atoms with Crippen LogP contribution >= 0.6 is 15.9 Å². The predicted molar refractivity (Wildman–Crippen MR) is 82.5 cm³/mol. The van der Waals surface area contributed by atoms with Crippen molar-refractivity contribution in [2.75, 3.05) is 0 Å². The summed E-state index contributed by atoms with van der Waals surface area (Å²) in [6.45, 7) is 0.730. The van der Waals surface area contributed by atoms with Crippen LogP contribution < -0.4 is 10.5 Å². The summed E-state index contributed by atoms with van der Waals surface area (Å²) in [6, 6.07) is 14.0. The summed E-state index contributed by atoms with van der Waals surface area (Å²) in [5, 5.41) is 0. The summed E-state index contributed by atoms with van der Waals surface area (Å²) in [7, 11) is -3.49. The van der Waals surface area contributed by atoms with Gasteiger partial charge in [0.15, 0.2) is 0 Å². The zero-order chi connectivity index (χ0) is 14.6. The molecule has 0 aliphatic rings. The third-order valence-corrected chi connectivity index (χ3v) is 4.79. The van der Waals surface area contributed by atoms with Gasteiger partial charge in [-0.05, 0) is 35.4 Å². The lowest BCUT2D eigenvalue weighted by molar-refractivity contribution is 0.581. The van der Waals surface area contributed by atoms with Gasteiger partial charge in [-0.25, -0.2) is 13.1 Å². The Balaban J connectivity index is 2.06. The molecule has 2 rings (SSSR count). The summed E-state index contributed by atoms with van der Waals surface area (Å²) in [5.74, 6) is 0. The number of hydrogen-bond acceptors (Lipinski definition) is 3. The number of nitrogens with one attached hydrogen (secondary N) is 1. The molecule has 0 fully saturated rings. The zero-order valence-corrected chi connectivity index (χ0v) is 13.1. The Morgan fingerprint density at radius 1 is 0.950 bits per heavy atom. The number of benzene rings is 2. The second-order valence-electron chi connectivity index (χ2n) is 4.30. The lowest BCUT2D eigenvalue weighted by Crippen LogP contribution is -2.23. The molecule has 4 nitrogen and oxygen atoms in total. The normalized spacial score (nSPS) is 11.5. The number of hydrogen-bond donors (Lipinski definition) is 2. The quantitative estimate of drug-likeness (QED) is 0.865.